The van der Waals surface area contributed by atoms with Gasteiger partial charge in [-0.1, -0.05) is 0 Å². The third-order valence-electron chi connectivity index (χ3n) is 3.80. The average molecular weight is 240 g/mol. The van der Waals surface area contributed by atoms with E-state index in [0.29, 0.717) is 12.0 Å². The van der Waals surface area contributed by atoms with Crippen LogP contribution in [0.4, 0.5) is 0 Å². The van der Waals surface area contributed by atoms with Crippen molar-refractivity contribution in [1.29, 1.82) is 0 Å². The molecule has 0 aromatic heterocycles. The van der Waals surface area contributed by atoms with Crippen molar-refractivity contribution < 1.29 is 9.53 Å². The van der Waals surface area contributed by atoms with Gasteiger partial charge in [-0.15, -0.1) is 0 Å². The molecule has 98 valence electrons. The lowest BCUT2D eigenvalue weighted by molar-refractivity contribution is -0.138. The number of carbonyl (C=O) groups is 1. The van der Waals surface area contributed by atoms with Gasteiger partial charge < -0.3 is 15.0 Å². The molecule has 4 nitrogen and oxygen atoms in total. The molecule has 0 spiro atoms. The zero-order valence-electron chi connectivity index (χ0n) is 10.8. The number of hydrogen-bond donors (Lipinski definition) is 1. The van der Waals surface area contributed by atoms with Crippen LogP contribution < -0.4 is 5.32 Å². The van der Waals surface area contributed by atoms with Gasteiger partial charge in [0.05, 0.1) is 12.0 Å². The summed E-state index contributed by atoms with van der Waals surface area (Å²) in [6.07, 6.45) is 4.55. The summed E-state index contributed by atoms with van der Waals surface area (Å²) in [6, 6.07) is 0. The van der Waals surface area contributed by atoms with Crippen LogP contribution in [0.2, 0.25) is 0 Å². The number of piperidine rings is 2. The molecular weight excluding hydrogens is 216 g/mol. The van der Waals surface area contributed by atoms with Crippen LogP contribution >= 0.6 is 0 Å². The zero-order chi connectivity index (χ0) is 12.1. The van der Waals surface area contributed by atoms with Crippen LogP contribution in [0.15, 0.2) is 0 Å². The van der Waals surface area contributed by atoms with Gasteiger partial charge in [-0.25, -0.2) is 0 Å². The Morgan fingerprint density at radius 3 is 2.71 bits per heavy atom. The van der Waals surface area contributed by atoms with Crippen molar-refractivity contribution in [2.24, 2.45) is 5.92 Å². The van der Waals surface area contributed by atoms with E-state index in [1.807, 2.05) is 11.8 Å². The highest BCUT2D eigenvalue weighted by Crippen LogP contribution is 2.19. The molecule has 0 aromatic rings. The van der Waals surface area contributed by atoms with Crippen LogP contribution in [0, 0.1) is 5.92 Å². The zero-order valence-corrected chi connectivity index (χ0v) is 10.8. The van der Waals surface area contributed by atoms with Gasteiger partial charge in [0.25, 0.3) is 0 Å². The lowest BCUT2D eigenvalue weighted by Gasteiger charge is -2.35. The van der Waals surface area contributed by atoms with Crippen molar-refractivity contribution in [3.05, 3.63) is 0 Å². The van der Waals surface area contributed by atoms with Crippen LogP contribution in [-0.4, -0.2) is 49.7 Å². The number of ether oxygens (including phenoxy) is 1. The first-order valence-corrected chi connectivity index (χ1v) is 6.92. The molecule has 2 fully saturated rings. The molecule has 17 heavy (non-hydrogen) atoms. The number of rotatable bonds is 3. The maximum Gasteiger partial charge on any atom is 0.226 e. The van der Waals surface area contributed by atoms with E-state index < -0.39 is 0 Å². The molecule has 2 aliphatic heterocycles. The van der Waals surface area contributed by atoms with Crippen LogP contribution in [0.1, 0.15) is 32.6 Å². The van der Waals surface area contributed by atoms with Gasteiger partial charge in [0.15, 0.2) is 0 Å². The molecule has 2 aliphatic rings. The maximum absolute atomic E-state index is 12.3. The number of hydrogen-bond acceptors (Lipinski definition) is 3. The van der Waals surface area contributed by atoms with E-state index in [-0.39, 0.29) is 5.92 Å². The summed E-state index contributed by atoms with van der Waals surface area (Å²) in [5.41, 5.74) is 0. The fourth-order valence-corrected chi connectivity index (χ4v) is 2.80. The summed E-state index contributed by atoms with van der Waals surface area (Å²) < 4.78 is 5.61. The second-order valence-corrected chi connectivity index (χ2v) is 5.02. The highest BCUT2D eigenvalue weighted by Gasteiger charge is 2.29. The summed E-state index contributed by atoms with van der Waals surface area (Å²) >= 11 is 0. The van der Waals surface area contributed by atoms with Crippen LogP contribution in [0.5, 0.6) is 0 Å². The van der Waals surface area contributed by atoms with Crippen LogP contribution in [-0.2, 0) is 9.53 Å². The quantitative estimate of drug-likeness (QED) is 0.800. The van der Waals surface area contributed by atoms with E-state index in [1.165, 1.54) is 0 Å². The third-order valence-corrected chi connectivity index (χ3v) is 3.80. The van der Waals surface area contributed by atoms with Gasteiger partial charge in [0.2, 0.25) is 5.91 Å². The smallest absolute Gasteiger partial charge is 0.226 e. The minimum Gasteiger partial charge on any atom is -0.378 e. The molecule has 2 heterocycles. The normalized spacial score (nSPS) is 27.1. The van der Waals surface area contributed by atoms with Crippen molar-refractivity contribution in [3.63, 3.8) is 0 Å². The molecule has 0 aliphatic carbocycles. The van der Waals surface area contributed by atoms with Gasteiger partial charge in [-0.05, 0) is 39.2 Å². The Balaban J connectivity index is 1.77. The van der Waals surface area contributed by atoms with Gasteiger partial charge in [0, 0.05) is 26.2 Å². The fraction of sp³-hybridized carbons (Fsp3) is 0.923. The van der Waals surface area contributed by atoms with E-state index in [1.54, 1.807) is 0 Å². The Bertz CT molecular complexity index is 244. The van der Waals surface area contributed by atoms with Gasteiger partial charge in [-0.2, -0.15) is 0 Å². The number of amides is 1. The highest BCUT2D eigenvalue weighted by atomic mass is 16.5. The van der Waals surface area contributed by atoms with E-state index in [4.69, 9.17) is 4.74 Å². The molecular formula is C13H24N2O2. The molecule has 2 rings (SSSR count). The number of nitrogens with one attached hydrogen (secondary N) is 1. The van der Waals surface area contributed by atoms with Gasteiger partial charge in [-0.3, -0.25) is 4.79 Å². The van der Waals surface area contributed by atoms with E-state index in [9.17, 15) is 4.79 Å². The summed E-state index contributed by atoms with van der Waals surface area (Å²) in [5, 5.41) is 3.31. The van der Waals surface area contributed by atoms with Crippen molar-refractivity contribution in [2.45, 2.75) is 38.7 Å². The standard InChI is InChI=1S/C13H24N2O2/c1-2-17-12-5-8-15(9-6-12)13(16)11-4-3-7-14-10-11/h11-12,14H,2-10H2,1H3/t11-/m1/s1. The molecule has 0 unspecified atom stereocenters. The molecule has 0 radical (unpaired) electrons. The van der Waals surface area contributed by atoms with E-state index >= 15 is 0 Å². The molecule has 1 N–H and O–H groups in total. The van der Waals surface area contributed by atoms with Crippen molar-refractivity contribution in [1.82, 2.24) is 10.2 Å². The first kappa shape index (κ1) is 12.8. The summed E-state index contributed by atoms with van der Waals surface area (Å²) in [7, 11) is 0. The van der Waals surface area contributed by atoms with Crippen molar-refractivity contribution in [2.75, 3.05) is 32.8 Å². The minimum atomic E-state index is 0.215. The predicted molar refractivity (Wildman–Crippen MR) is 66.8 cm³/mol. The van der Waals surface area contributed by atoms with Crippen molar-refractivity contribution >= 4 is 5.91 Å². The number of likely N-dealkylation sites (tertiary alicyclic amines) is 1. The topological polar surface area (TPSA) is 41.6 Å². The minimum absolute atomic E-state index is 0.215. The maximum atomic E-state index is 12.3. The van der Waals surface area contributed by atoms with Gasteiger partial charge >= 0.3 is 0 Å². The summed E-state index contributed by atoms with van der Waals surface area (Å²) in [6.45, 7) is 6.50. The third kappa shape index (κ3) is 3.42. The predicted octanol–water partition coefficient (Wildman–Crippen LogP) is 1.01. The summed E-state index contributed by atoms with van der Waals surface area (Å²) in [5.74, 6) is 0.569. The lowest BCUT2D eigenvalue weighted by Crippen LogP contribution is -2.47. The second-order valence-electron chi connectivity index (χ2n) is 5.02. The summed E-state index contributed by atoms with van der Waals surface area (Å²) in [4.78, 5) is 14.3. The Labute approximate surface area is 104 Å². The van der Waals surface area contributed by atoms with E-state index in [0.717, 1.165) is 58.5 Å². The molecule has 0 saturated carbocycles. The number of nitrogens with zero attached hydrogens (tertiary/aromatic N) is 1. The lowest BCUT2D eigenvalue weighted by atomic mass is 9.96. The molecule has 1 amide bonds. The number of carbonyl (C=O) groups excluding carboxylic acids is 1. The molecule has 0 aromatic carbocycles. The Hall–Kier alpha value is -0.610. The monoisotopic (exact) mass is 240 g/mol. The first-order valence-electron chi connectivity index (χ1n) is 6.92. The van der Waals surface area contributed by atoms with Crippen LogP contribution in [0.3, 0.4) is 0 Å². The Kier molecular flexibility index (Phi) is 4.80. The highest BCUT2D eigenvalue weighted by molar-refractivity contribution is 5.79. The molecule has 4 heteroatoms. The molecule has 2 saturated heterocycles. The van der Waals surface area contributed by atoms with Crippen molar-refractivity contribution in [3.8, 4) is 0 Å². The average Bonchev–Trinajstić information content (AvgIpc) is 2.40. The largest absolute Gasteiger partial charge is 0.378 e. The Morgan fingerprint density at radius 2 is 2.12 bits per heavy atom. The van der Waals surface area contributed by atoms with Gasteiger partial charge in [0.1, 0.15) is 0 Å². The van der Waals surface area contributed by atoms with E-state index in [2.05, 4.69) is 5.32 Å². The molecule has 0 bridgehead atoms. The molecule has 1 atom stereocenters. The van der Waals surface area contributed by atoms with Crippen LogP contribution in [0.25, 0.3) is 0 Å². The second kappa shape index (κ2) is 6.36. The SMILES string of the molecule is CCOC1CCN(C(=O)[C@@H]2CCCNC2)CC1. The Morgan fingerprint density at radius 1 is 1.35 bits per heavy atom. The first-order chi connectivity index (χ1) is 8.31. The fourth-order valence-electron chi connectivity index (χ4n) is 2.80.